The van der Waals surface area contributed by atoms with Crippen LogP contribution in [0.4, 0.5) is 0 Å². The summed E-state index contributed by atoms with van der Waals surface area (Å²) in [7, 11) is 0. The van der Waals surface area contributed by atoms with Crippen molar-refractivity contribution in [2.75, 3.05) is 19.7 Å². The van der Waals surface area contributed by atoms with E-state index >= 15 is 0 Å². The summed E-state index contributed by atoms with van der Waals surface area (Å²) < 4.78 is 5.90. The van der Waals surface area contributed by atoms with Crippen molar-refractivity contribution in [3.63, 3.8) is 0 Å². The van der Waals surface area contributed by atoms with Crippen molar-refractivity contribution in [3.8, 4) is 0 Å². The van der Waals surface area contributed by atoms with Crippen molar-refractivity contribution in [1.82, 2.24) is 5.32 Å². The van der Waals surface area contributed by atoms with E-state index in [1.807, 2.05) is 0 Å². The van der Waals surface area contributed by atoms with Gasteiger partial charge in [-0.25, -0.2) is 0 Å². The SMILES string of the molecule is C1CC2(CCN1)OCC1CC12. The van der Waals surface area contributed by atoms with Crippen molar-refractivity contribution in [2.24, 2.45) is 11.8 Å². The lowest BCUT2D eigenvalue weighted by Gasteiger charge is -2.34. The average Bonchev–Trinajstić information content (AvgIpc) is 2.77. The van der Waals surface area contributed by atoms with Crippen molar-refractivity contribution in [1.29, 1.82) is 0 Å². The zero-order chi connectivity index (χ0) is 7.31. The fourth-order valence-electron chi connectivity index (χ4n) is 2.82. The van der Waals surface area contributed by atoms with E-state index in [1.165, 1.54) is 32.4 Å². The maximum Gasteiger partial charge on any atom is 0.0738 e. The Kier molecular flexibility index (Phi) is 1.16. The van der Waals surface area contributed by atoms with Gasteiger partial charge in [-0.05, 0) is 44.2 Å². The van der Waals surface area contributed by atoms with Gasteiger partial charge in [0.15, 0.2) is 0 Å². The molecule has 1 saturated carbocycles. The first-order valence-corrected chi connectivity index (χ1v) is 4.75. The summed E-state index contributed by atoms with van der Waals surface area (Å²) in [5.74, 6) is 1.90. The van der Waals surface area contributed by atoms with Gasteiger partial charge in [-0.2, -0.15) is 0 Å². The summed E-state index contributed by atoms with van der Waals surface area (Å²) in [5, 5.41) is 3.39. The number of nitrogens with one attached hydrogen (secondary N) is 1. The van der Waals surface area contributed by atoms with Crippen LogP contribution in [-0.4, -0.2) is 25.3 Å². The van der Waals surface area contributed by atoms with Crippen molar-refractivity contribution >= 4 is 0 Å². The molecule has 1 aliphatic carbocycles. The normalized spacial score (nSPS) is 45.8. The van der Waals surface area contributed by atoms with Gasteiger partial charge in [0.2, 0.25) is 0 Å². The summed E-state index contributed by atoms with van der Waals surface area (Å²) in [6, 6.07) is 0. The minimum Gasteiger partial charge on any atom is -0.374 e. The number of hydrogen-bond acceptors (Lipinski definition) is 2. The molecule has 3 fully saturated rings. The molecule has 11 heavy (non-hydrogen) atoms. The van der Waals surface area contributed by atoms with Crippen LogP contribution in [0.5, 0.6) is 0 Å². The van der Waals surface area contributed by atoms with E-state index in [4.69, 9.17) is 4.74 Å². The zero-order valence-electron chi connectivity index (χ0n) is 6.81. The quantitative estimate of drug-likeness (QED) is 0.555. The molecule has 2 heteroatoms. The number of piperidine rings is 1. The van der Waals surface area contributed by atoms with Crippen molar-refractivity contribution in [2.45, 2.75) is 24.9 Å². The van der Waals surface area contributed by atoms with Gasteiger partial charge in [-0.3, -0.25) is 0 Å². The topological polar surface area (TPSA) is 21.3 Å². The predicted molar refractivity (Wildman–Crippen MR) is 42.4 cm³/mol. The molecule has 1 spiro atoms. The molecule has 2 saturated heterocycles. The average molecular weight is 153 g/mol. The molecule has 0 radical (unpaired) electrons. The maximum atomic E-state index is 5.90. The van der Waals surface area contributed by atoms with Crippen molar-refractivity contribution in [3.05, 3.63) is 0 Å². The number of ether oxygens (including phenoxy) is 1. The molecule has 2 aliphatic heterocycles. The third kappa shape index (κ3) is 0.798. The molecular weight excluding hydrogens is 138 g/mol. The van der Waals surface area contributed by atoms with Gasteiger partial charge in [0.05, 0.1) is 12.2 Å². The standard InChI is InChI=1S/C9H15NO/c1-3-10-4-2-9(1)8-5-7(8)6-11-9/h7-8,10H,1-6H2. The summed E-state index contributed by atoms with van der Waals surface area (Å²) in [5.41, 5.74) is 0.343. The van der Waals surface area contributed by atoms with Gasteiger partial charge < -0.3 is 10.1 Å². The zero-order valence-corrected chi connectivity index (χ0v) is 6.81. The van der Waals surface area contributed by atoms with E-state index in [-0.39, 0.29) is 0 Å². The maximum absolute atomic E-state index is 5.90. The van der Waals surface area contributed by atoms with Gasteiger partial charge in [0.25, 0.3) is 0 Å². The van der Waals surface area contributed by atoms with Crippen LogP contribution in [0.15, 0.2) is 0 Å². The molecule has 0 bridgehead atoms. The second-order valence-electron chi connectivity index (χ2n) is 4.23. The first kappa shape index (κ1) is 6.44. The van der Waals surface area contributed by atoms with Crippen LogP contribution in [0, 0.1) is 11.8 Å². The third-order valence-corrected chi connectivity index (χ3v) is 3.63. The van der Waals surface area contributed by atoms with E-state index in [0.717, 1.165) is 18.4 Å². The summed E-state index contributed by atoms with van der Waals surface area (Å²) in [6.07, 6.45) is 3.97. The van der Waals surface area contributed by atoms with Crippen LogP contribution in [0.3, 0.4) is 0 Å². The van der Waals surface area contributed by atoms with E-state index in [1.54, 1.807) is 0 Å². The fraction of sp³-hybridized carbons (Fsp3) is 1.00. The first-order valence-electron chi connectivity index (χ1n) is 4.75. The van der Waals surface area contributed by atoms with Gasteiger partial charge in [-0.1, -0.05) is 0 Å². The smallest absolute Gasteiger partial charge is 0.0738 e. The van der Waals surface area contributed by atoms with Crippen LogP contribution >= 0.6 is 0 Å². The van der Waals surface area contributed by atoms with Crippen molar-refractivity contribution < 1.29 is 4.74 Å². The molecule has 0 aromatic heterocycles. The number of hydrogen-bond donors (Lipinski definition) is 1. The minimum atomic E-state index is 0.343. The third-order valence-electron chi connectivity index (χ3n) is 3.63. The highest BCUT2D eigenvalue weighted by Crippen LogP contribution is 2.57. The number of fused-ring (bicyclic) bond motifs is 2. The Morgan fingerprint density at radius 1 is 1.27 bits per heavy atom. The Morgan fingerprint density at radius 3 is 2.64 bits per heavy atom. The largest absolute Gasteiger partial charge is 0.374 e. The monoisotopic (exact) mass is 153 g/mol. The molecule has 2 atom stereocenters. The van der Waals surface area contributed by atoms with E-state index in [9.17, 15) is 0 Å². The van der Waals surface area contributed by atoms with Crippen LogP contribution in [-0.2, 0) is 4.74 Å². The lowest BCUT2D eigenvalue weighted by atomic mass is 9.88. The Labute approximate surface area is 67.3 Å². The highest BCUT2D eigenvalue weighted by molar-refractivity contribution is 5.08. The van der Waals surface area contributed by atoms with Crippen LogP contribution < -0.4 is 5.32 Å². The summed E-state index contributed by atoms with van der Waals surface area (Å²) in [6.45, 7) is 3.40. The molecule has 0 aromatic carbocycles. The minimum absolute atomic E-state index is 0.343. The van der Waals surface area contributed by atoms with E-state index < -0.39 is 0 Å². The Balaban J connectivity index is 1.81. The van der Waals surface area contributed by atoms with Gasteiger partial charge in [-0.15, -0.1) is 0 Å². The second kappa shape index (κ2) is 1.99. The molecule has 0 amide bonds. The molecule has 2 unspecified atom stereocenters. The van der Waals surface area contributed by atoms with Gasteiger partial charge in [0, 0.05) is 0 Å². The highest BCUT2D eigenvalue weighted by atomic mass is 16.5. The van der Waals surface area contributed by atoms with E-state index in [0.29, 0.717) is 5.60 Å². The molecule has 2 nitrogen and oxygen atoms in total. The molecular formula is C9H15NO. The number of rotatable bonds is 0. The van der Waals surface area contributed by atoms with Crippen LogP contribution in [0.1, 0.15) is 19.3 Å². The first-order chi connectivity index (χ1) is 5.41. The van der Waals surface area contributed by atoms with Gasteiger partial charge >= 0.3 is 0 Å². The molecule has 0 aromatic rings. The summed E-state index contributed by atoms with van der Waals surface area (Å²) in [4.78, 5) is 0. The van der Waals surface area contributed by atoms with Crippen LogP contribution in [0.2, 0.25) is 0 Å². The second-order valence-corrected chi connectivity index (χ2v) is 4.23. The highest BCUT2D eigenvalue weighted by Gasteiger charge is 2.58. The molecule has 2 heterocycles. The predicted octanol–water partition coefficient (Wildman–Crippen LogP) is 0.775. The summed E-state index contributed by atoms with van der Waals surface area (Å²) >= 11 is 0. The molecule has 3 rings (SSSR count). The Bertz CT molecular complexity index is 174. The van der Waals surface area contributed by atoms with E-state index in [2.05, 4.69) is 5.32 Å². The van der Waals surface area contributed by atoms with Crippen LogP contribution in [0.25, 0.3) is 0 Å². The lowest BCUT2D eigenvalue weighted by Crippen LogP contribution is -2.43. The lowest BCUT2D eigenvalue weighted by molar-refractivity contribution is -0.0460. The Hall–Kier alpha value is -0.0800. The molecule has 3 aliphatic rings. The fourth-order valence-corrected chi connectivity index (χ4v) is 2.82. The van der Waals surface area contributed by atoms with Gasteiger partial charge in [0.1, 0.15) is 0 Å². The Morgan fingerprint density at radius 2 is 2.09 bits per heavy atom. The molecule has 1 N–H and O–H groups in total. The molecule has 62 valence electrons.